The van der Waals surface area contributed by atoms with Crippen LogP contribution in [0.5, 0.6) is 23.1 Å². The number of methoxy groups -OCH3 is 2. The van der Waals surface area contributed by atoms with Crippen LogP contribution in [0.15, 0.2) is 103 Å². The molecular formula is C37H41N3O4. The van der Waals surface area contributed by atoms with Gasteiger partial charge in [-0.3, -0.25) is 4.90 Å². The molecule has 0 saturated carbocycles. The minimum atomic E-state index is -0.128. The first-order chi connectivity index (χ1) is 21.6. The van der Waals surface area contributed by atoms with E-state index in [0.717, 1.165) is 73.3 Å². The van der Waals surface area contributed by atoms with Gasteiger partial charge in [0.2, 0.25) is 0 Å². The summed E-state index contributed by atoms with van der Waals surface area (Å²) < 4.78 is 19.2. The van der Waals surface area contributed by atoms with E-state index < -0.39 is 0 Å². The molecule has 0 unspecified atom stereocenters. The van der Waals surface area contributed by atoms with E-state index in [4.69, 9.17) is 14.2 Å². The summed E-state index contributed by atoms with van der Waals surface area (Å²) in [6.45, 7) is 5.41. The quantitative estimate of drug-likeness (QED) is 0.156. The summed E-state index contributed by atoms with van der Waals surface area (Å²) in [6, 6.07) is 32.7. The molecule has 4 aromatic carbocycles. The maximum atomic E-state index is 11.7. The SMILES string of the molecule is COc1ccc([C@@H](CCCOc2ccccc2)n2cc3c(N4CCN(Cc5ccccc5)CC4)cccc3c2O)cc1OC. The van der Waals surface area contributed by atoms with Crippen molar-refractivity contribution in [1.29, 1.82) is 0 Å². The highest BCUT2D eigenvalue weighted by Crippen LogP contribution is 2.40. The zero-order valence-electron chi connectivity index (χ0n) is 25.6. The molecule has 1 saturated heterocycles. The average Bonchev–Trinajstić information content (AvgIpc) is 3.41. The Kier molecular flexibility index (Phi) is 9.22. The third kappa shape index (κ3) is 6.48. The first-order valence-electron chi connectivity index (χ1n) is 15.4. The van der Waals surface area contributed by atoms with E-state index in [9.17, 15) is 5.11 Å². The molecule has 7 heteroatoms. The van der Waals surface area contributed by atoms with Crippen molar-refractivity contribution in [2.24, 2.45) is 0 Å². The second kappa shape index (κ2) is 13.8. The minimum absolute atomic E-state index is 0.128. The van der Waals surface area contributed by atoms with Gasteiger partial charge in [0.15, 0.2) is 17.4 Å². The summed E-state index contributed by atoms with van der Waals surface area (Å²) in [7, 11) is 3.29. The van der Waals surface area contributed by atoms with Crippen molar-refractivity contribution in [2.45, 2.75) is 25.4 Å². The van der Waals surface area contributed by atoms with Crippen molar-refractivity contribution < 1.29 is 19.3 Å². The van der Waals surface area contributed by atoms with Crippen LogP contribution in [0.25, 0.3) is 10.8 Å². The van der Waals surface area contributed by atoms with Gasteiger partial charge in [0, 0.05) is 55.4 Å². The molecule has 5 aromatic rings. The molecule has 2 heterocycles. The topological polar surface area (TPSA) is 59.3 Å². The minimum Gasteiger partial charge on any atom is -0.494 e. The van der Waals surface area contributed by atoms with E-state index >= 15 is 0 Å². The summed E-state index contributed by atoms with van der Waals surface area (Å²) >= 11 is 0. The van der Waals surface area contributed by atoms with E-state index in [0.29, 0.717) is 18.1 Å². The Morgan fingerprint density at radius 3 is 2.20 bits per heavy atom. The number of fused-ring (bicyclic) bond motifs is 1. The highest BCUT2D eigenvalue weighted by Gasteiger charge is 2.24. The van der Waals surface area contributed by atoms with Gasteiger partial charge in [-0.05, 0) is 60.4 Å². The third-order valence-corrected chi connectivity index (χ3v) is 8.56. The van der Waals surface area contributed by atoms with Crippen LogP contribution in [0.4, 0.5) is 5.69 Å². The van der Waals surface area contributed by atoms with E-state index in [1.807, 2.05) is 53.1 Å². The number of anilines is 1. The van der Waals surface area contributed by atoms with E-state index in [1.54, 1.807) is 14.2 Å². The molecule has 0 bridgehead atoms. The van der Waals surface area contributed by atoms with Gasteiger partial charge in [-0.25, -0.2) is 0 Å². The van der Waals surface area contributed by atoms with Gasteiger partial charge in [-0.1, -0.05) is 60.7 Å². The normalized spacial score (nSPS) is 14.5. The monoisotopic (exact) mass is 591 g/mol. The number of rotatable bonds is 12. The van der Waals surface area contributed by atoms with Gasteiger partial charge in [0.25, 0.3) is 0 Å². The average molecular weight is 592 g/mol. The number of benzene rings is 4. The number of hydrogen-bond acceptors (Lipinski definition) is 6. The van der Waals surface area contributed by atoms with Crippen molar-refractivity contribution >= 4 is 16.5 Å². The van der Waals surface area contributed by atoms with Crippen molar-refractivity contribution in [2.75, 3.05) is 51.9 Å². The number of aromatic nitrogens is 1. The van der Waals surface area contributed by atoms with Crippen LogP contribution in [-0.4, -0.2) is 61.6 Å². The maximum Gasteiger partial charge on any atom is 0.199 e. The molecule has 1 aromatic heterocycles. The van der Waals surface area contributed by atoms with E-state index in [2.05, 4.69) is 64.5 Å². The molecule has 1 aliphatic heterocycles. The lowest BCUT2D eigenvalue weighted by molar-refractivity contribution is 0.250. The molecule has 0 spiro atoms. The molecule has 228 valence electrons. The first-order valence-corrected chi connectivity index (χ1v) is 15.4. The molecule has 7 nitrogen and oxygen atoms in total. The fourth-order valence-electron chi connectivity index (χ4n) is 6.23. The van der Waals surface area contributed by atoms with Gasteiger partial charge in [0.05, 0.1) is 26.9 Å². The Labute approximate surface area is 259 Å². The standard InChI is InChI=1S/C37H41N3O4/c1-42-35-19-18-29(25-36(35)43-2)33(17-10-24-44-30-13-7-4-8-14-30)40-27-32-31(37(40)41)15-9-16-34(32)39-22-20-38(21-23-39)26-28-11-5-3-6-12-28/h3-9,11-16,18-19,25,27,33,41H,10,17,20-24,26H2,1-2H3/t33-/m1/s1. The Morgan fingerprint density at radius 2 is 1.48 bits per heavy atom. The molecule has 6 rings (SSSR count). The summed E-state index contributed by atoms with van der Waals surface area (Å²) in [6.07, 6.45) is 3.69. The van der Waals surface area contributed by atoms with Gasteiger partial charge in [0.1, 0.15) is 5.75 Å². The Balaban J connectivity index is 1.26. The van der Waals surface area contributed by atoms with E-state index in [1.165, 1.54) is 5.56 Å². The van der Waals surface area contributed by atoms with Crippen LogP contribution in [0, 0.1) is 0 Å². The van der Waals surface area contributed by atoms with Crippen LogP contribution < -0.4 is 19.1 Å². The molecule has 0 amide bonds. The number of ether oxygens (including phenoxy) is 3. The number of aromatic hydroxyl groups is 1. The van der Waals surface area contributed by atoms with Crippen molar-refractivity contribution in [3.05, 3.63) is 114 Å². The van der Waals surface area contributed by atoms with Crippen LogP contribution >= 0.6 is 0 Å². The largest absolute Gasteiger partial charge is 0.494 e. The van der Waals surface area contributed by atoms with E-state index in [-0.39, 0.29) is 11.9 Å². The highest BCUT2D eigenvalue weighted by molar-refractivity contribution is 5.98. The first kappa shape index (κ1) is 29.5. The summed E-state index contributed by atoms with van der Waals surface area (Å²) in [5, 5.41) is 13.6. The number of hydrogen-bond donors (Lipinski definition) is 1. The molecule has 1 aliphatic rings. The van der Waals surface area contributed by atoms with Crippen LogP contribution in [-0.2, 0) is 6.54 Å². The zero-order valence-corrected chi connectivity index (χ0v) is 25.6. The highest BCUT2D eigenvalue weighted by atomic mass is 16.5. The number of piperazine rings is 1. The summed E-state index contributed by atoms with van der Waals surface area (Å²) in [5.41, 5.74) is 3.55. The number of nitrogens with zero attached hydrogens (tertiary/aromatic N) is 3. The predicted octanol–water partition coefficient (Wildman–Crippen LogP) is 7.13. The molecule has 0 radical (unpaired) electrons. The second-order valence-electron chi connectivity index (χ2n) is 11.3. The van der Waals surface area contributed by atoms with Crippen LogP contribution in [0.3, 0.4) is 0 Å². The molecule has 1 fully saturated rings. The Hall–Kier alpha value is -4.62. The predicted molar refractivity (Wildman–Crippen MR) is 176 cm³/mol. The van der Waals surface area contributed by atoms with Gasteiger partial charge >= 0.3 is 0 Å². The van der Waals surface area contributed by atoms with Crippen LogP contribution in [0.2, 0.25) is 0 Å². The van der Waals surface area contributed by atoms with Crippen molar-refractivity contribution in [1.82, 2.24) is 9.47 Å². The second-order valence-corrected chi connectivity index (χ2v) is 11.3. The maximum absolute atomic E-state index is 11.7. The molecule has 1 N–H and O–H groups in total. The summed E-state index contributed by atoms with van der Waals surface area (Å²) in [5.74, 6) is 2.48. The van der Waals surface area contributed by atoms with Crippen molar-refractivity contribution in [3.8, 4) is 23.1 Å². The fourth-order valence-corrected chi connectivity index (χ4v) is 6.23. The molecule has 44 heavy (non-hydrogen) atoms. The molecular weight excluding hydrogens is 550 g/mol. The van der Waals surface area contributed by atoms with Gasteiger partial charge in [-0.15, -0.1) is 0 Å². The number of para-hydroxylation sites is 1. The Morgan fingerprint density at radius 1 is 0.750 bits per heavy atom. The zero-order chi connectivity index (χ0) is 30.3. The lowest BCUT2D eigenvalue weighted by Gasteiger charge is -2.36. The lowest BCUT2D eigenvalue weighted by Crippen LogP contribution is -2.46. The third-order valence-electron chi connectivity index (χ3n) is 8.56. The lowest BCUT2D eigenvalue weighted by atomic mass is 10.0. The smallest absolute Gasteiger partial charge is 0.199 e. The molecule has 0 aliphatic carbocycles. The van der Waals surface area contributed by atoms with Gasteiger partial charge < -0.3 is 28.8 Å². The summed E-state index contributed by atoms with van der Waals surface area (Å²) in [4.78, 5) is 4.96. The Bertz CT molecular complexity index is 1650. The van der Waals surface area contributed by atoms with Gasteiger partial charge in [-0.2, -0.15) is 0 Å². The molecule has 1 atom stereocenters. The van der Waals surface area contributed by atoms with Crippen molar-refractivity contribution in [3.63, 3.8) is 0 Å². The van der Waals surface area contributed by atoms with Crippen LogP contribution in [0.1, 0.15) is 30.0 Å². The fraction of sp³-hybridized carbons (Fsp3) is 0.297.